The Morgan fingerprint density at radius 2 is 2.29 bits per heavy atom. The van der Waals surface area contributed by atoms with Crippen LogP contribution < -0.4 is 4.74 Å². The summed E-state index contributed by atoms with van der Waals surface area (Å²) in [4.78, 5) is 33.5. The molecule has 28 heavy (non-hydrogen) atoms. The van der Waals surface area contributed by atoms with Gasteiger partial charge in [-0.1, -0.05) is 23.4 Å². The Labute approximate surface area is 174 Å². The third kappa shape index (κ3) is 4.23. The van der Waals surface area contributed by atoms with Gasteiger partial charge in [0.2, 0.25) is 5.88 Å². The average Bonchev–Trinajstić information content (AvgIpc) is 3.16. The van der Waals surface area contributed by atoms with Gasteiger partial charge in [-0.15, -0.1) is 11.8 Å². The third-order valence-electron chi connectivity index (χ3n) is 3.88. The lowest BCUT2D eigenvalue weighted by Crippen LogP contribution is -2.26. The summed E-state index contributed by atoms with van der Waals surface area (Å²) in [6, 6.07) is 4.04. The fourth-order valence-corrected chi connectivity index (χ4v) is 4.09. The summed E-state index contributed by atoms with van der Waals surface area (Å²) in [5.74, 6) is 0.782. The molecule has 146 valence electrons. The van der Waals surface area contributed by atoms with E-state index in [-0.39, 0.29) is 22.2 Å². The zero-order valence-corrected chi connectivity index (χ0v) is 17.3. The Morgan fingerprint density at radius 1 is 1.50 bits per heavy atom. The van der Waals surface area contributed by atoms with E-state index in [1.165, 1.54) is 48.8 Å². The van der Waals surface area contributed by atoms with Crippen LogP contribution in [-0.4, -0.2) is 51.4 Å². The first kappa shape index (κ1) is 20.4. The van der Waals surface area contributed by atoms with Gasteiger partial charge >= 0.3 is 0 Å². The fraction of sp³-hybridized carbons (Fsp3) is 0.235. The van der Waals surface area contributed by atoms with Crippen LogP contribution in [0.25, 0.3) is 6.08 Å². The van der Waals surface area contributed by atoms with Gasteiger partial charge in [-0.05, 0) is 24.5 Å². The molecule has 0 radical (unpaired) electrons. The minimum absolute atomic E-state index is 0.0103. The predicted molar refractivity (Wildman–Crippen MR) is 110 cm³/mol. The van der Waals surface area contributed by atoms with Crippen molar-refractivity contribution in [3.8, 4) is 5.88 Å². The van der Waals surface area contributed by atoms with E-state index in [4.69, 9.17) is 16.3 Å². The molecule has 0 atom stereocenters. The molecule has 0 N–H and O–H groups in total. The van der Waals surface area contributed by atoms with E-state index in [0.29, 0.717) is 33.9 Å². The van der Waals surface area contributed by atoms with E-state index >= 15 is 0 Å². The maximum Gasteiger partial charge on any atom is 0.288 e. The molecule has 0 saturated carbocycles. The standard InChI is InChI=1S/C17H15ClN4O4S2/c1-26-15-11(9-19-17(20-15)27-2)8-14-21(5-6-28-14)16(23)10-3-4-12(18)13(7-10)22(24)25/h3-4,7-9H,5-6H2,1-2H3/b14-8+. The summed E-state index contributed by atoms with van der Waals surface area (Å²) in [6.45, 7) is 0.484. The van der Waals surface area contributed by atoms with Crippen molar-refractivity contribution in [3.63, 3.8) is 0 Å². The van der Waals surface area contributed by atoms with Crippen LogP contribution in [0.3, 0.4) is 0 Å². The van der Waals surface area contributed by atoms with Gasteiger partial charge in [0.25, 0.3) is 11.6 Å². The highest BCUT2D eigenvalue weighted by molar-refractivity contribution is 8.03. The Balaban J connectivity index is 1.93. The number of hydrogen-bond donors (Lipinski definition) is 0. The van der Waals surface area contributed by atoms with Crippen LogP contribution in [0.1, 0.15) is 15.9 Å². The Bertz CT molecular complexity index is 970. The quantitative estimate of drug-likeness (QED) is 0.299. The first-order chi connectivity index (χ1) is 13.4. The van der Waals surface area contributed by atoms with Gasteiger partial charge < -0.3 is 9.64 Å². The summed E-state index contributed by atoms with van der Waals surface area (Å²) in [5.41, 5.74) is 0.544. The summed E-state index contributed by atoms with van der Waals surface area (Å²) in [7, 11) is 1.52. The normalized spacial score (nSPS) is 15.1. The van der Waals surface area contributed by atoms with Gasteiger partial charge in [0.15, 0.2) is 5.16 Å². The highest BCUT2D eigenvalue weighted by Gasteiger charge is 2.27. The summed E-state index contributed by atoms with van der Waals surface area (Å²) < 4.78 is 5.32. The molecule has 2 aromatic rings. The number of benzene rings is 1. The zero-order valence-electron chi connectivity index (χ0n) is 14.9. The van der Waals surface area contributed by atoms with Gasteiger partial charge in [0, 0.05) is 30.1 Å². The minimum Gasteiger partial charge on any atom is -0.480 e. The van der Waals surface area contributed by atoms with Crippen LogP contribution >= 0.6 is 35.1 Å². The molecule has 0 aliphatic carbocycles. The molecule has 2 heterocycles. The molecule has 1 aromatic heterocycles. The number of amides is 1. The van der Waals surface area contributed by atoms with Crippen molar-refractivity contribution < 1.29 is 14.5 Å². The van der Waals surface area contributed by atoms with Gasteiger partial charge in [-0.2, -0.15) is 4.98 Å². The maximum absolute atomic E-state index is 12.9. The second-order valence-corrected chi connectivity index (χ2v) is 7.83. The average molecular weight is 439 g/mol. The molecule has 1 aliphatic rings. The topological polar surface area (TPSA) is 98.5 Å². The minimum atomic E-state index is -0.607. The Hall–Kier alpha value is -2.30. The van der Waals surface area contributed by atoms with E-state index in [1.807, 2.05) is 6.26 Å². The molecule has 0 unspecified atom stereocenters. The lowest BCUT2D eigenvalue weighted by atomic mass is 10.1. The molecule has 1 aromatic carbocycles. The van der Waals surface area contributed by atoms with Crippen molar-refractivity contribution >= 4 is 52.8 Å². The number of carbonyl (C=O) groups is 1. The largest absolute Gasteiger partial charge is 0.480 e. The molecular weight excluding hydrogens is 424 g/mol. The van der Waals surface area contributed by atoms with E-state index in [9.17, 15) is 14.9 Å². The molecule has 1 saturated heterocycles. The molecule has 11 heteroatoms. The van der Waals surface area contributed by atoms with Gasteiger partial charge in [0.1, 0.15) is 5.02 Å². The zero-order chi connectivity index (χ0) is 20.3. The summed E-state index contributed by atoms with van der Waals surface area (Å²) in [6.07, 6.45) is 5.29. The predicted octanol–water partition coefficient (Wildman–Crippen LogP) is 3.96. The number of methoxy groups -OCH3 is 1. The van der Waals surface area contributed by atoms with Gasteiger partial charge in [-0.3, -0.25) is 14.9 Å². The SMILES string of the molecule is COc1nc(SC)ncc1/C=C1/SCCN1C(=O)c1ccc(Cl)c([N+](=O)[O-])c1. The van der Waals surface area contributed by atoms with E-state index < -0.39 is 4.92 Å². The van der Waals surface area contributed by atoms with Crippen LogP contribution in [0.4, 0.5) is 5.69 Å². The van der Waals surface area contributed by atoms with E-state index in [1.54, 1.807) is 17.2 Å². The molecule has 1 amide bonds. The number of rotatable bonds is 5. The number of ether oxygens (including phenoxy) is 1. The highest BCUT2D eigenvalue weighted by Crippen LogP contribution is 2.34. The van der Waals surface area contributed by atoms with E-state index in [2.05, 4.69) is 9.97 Å². The van der Waals surface area contributed by atoms with Crippen molar-refractivity contribution in [1.82, 2.24) is 14.9 Å². The lowest BCUT2D eigenvalue weighted by Gasteiger charge is -2.17. The van der Waals surface area contributed by atoms with Crippen LogP contribution in [0.2, 0.25) is 5.02 Å². The number of aromatic nitrogens is 2. The number of carbonyl (C=O) groups excluding carboxylic acids is 1. The third-order valence-corrected chi connectivity index (χ3v) is 5.78. The second kappa shape index (κ2) is 8.80. The van der Waals surface area contributed by atoms with Crippen molar-refractivity contribution in [3.05, 3.63) is 55.7 Å². The highest BCUT2D eigenvalue weighted by atomic mass is 35.5. The van der Waals surface area contributed by atoms with Crippen LogP contribution in [0.5, 0.6) is 5.88 Å². The number of nitro benzene ring substituents is 1. The lowest BCUT2D eigenvalue weighted by molar-refractivity contribution is -0.384. The number of hydrogen-bond acceptors (Lipinski definition) is 8. The Morgan fingerprint density at radius 3 is 2.96 bits per heavy atom. The Kier molecular flexibility index (Phi) is 6.42. The molecule has 0 spiro atoms. The summed E-state index contributed by atoms with van der Waals surface area (Å²) >= 11 is 8.74. The molecule has 3 rings (SSSR count). The first-order valence-electron chi connectivity index (χ1n) is 8.00. The number of nitrogens with zero attached hydrogens (tertiary/aromatic N) is 4. The van der Waals surface area contributed by atoms with E-state index in [0.717, 1.165) is 0 Å². The second-order valence-electron chi connectivity index (χ2n) is 5.53. The number of halogens is 1. The van der Waals surface area contributed by atoms with Crippen molar-refractivity contribution in [2.24, 2.45) is 0 Å². The van der Waals surface area contributed by atoms with Crippen LogP contribution in [0.15, 0.2) is 34.6 Å². The van der Waals surface area contributed by atoms with Gasteiger partial charge in [-0.25, -0.2) is 4.98 Å². The number of thioether (sulfide) groups is 2. The molecule has 1 fully saturated rings. The molecular formula is C17H15ClN4O4S2. The van der Waals surface area contributed by atoms with Gasteiger partial charge in [0.05, 0.1) is 22.6 Å². The molecule has 1 aliphatic heterocycles. The first-order valence-corrected chi connectivity index (χ1v) is 10.6. The van der Waals surface area contributed by atoms with Crippen LogP contribution in [0, 0.1) is 10.1 Å². The summed E-state index contributed by atoms with van der Waals surface area (Å²) in [5, 5.41) is 12.4. The smallest absolute Gasteiger partial charge is 0.288 e. The maximum atomic E-state index is 12.9. The molecule has 0 bridgehead atoms. The fourth-order valence-electron chi connectivity index (χ4n) is 2.55. The number of nitro groups is 1. The van der Waals surface area contributed by atoms with Crippen molar-refractivity contribution in [2.45, 2.75) is 5.16 Å². The monoisotopic (exact) mass is 438 g/mol. The molecule has 8 nitrogen and oxygen atoms in total. The van der Waals surface area contributed by atoms with Crippen molar-refractivity contribution in [1.29, 1.82) is 0 Å². The van der Waals surface area contributed by atoms with Crippen molar-refractivity contribution in [2.75, 3.05) is 25.7 Å². The van der Waals surface area contributed by atoms with Crippen LogP contribution in [-0.2, 0) is 0 Å².